The number of nitrogens with zero attached hydrogens (tertiary/aromatic N) is 4. The number of ether oxygens (including phenoxy) is 1. The molecule has 9 heteroatoms. The molecule has 0 aliphatic carbocycles. The summed E-state index contributed by atoms with van der Waals surface area (Å²) in [6, 6.07) is 11.8. The van der Waals surface area contributed by atoms with E-state index in [1.807, 2.05) is 13.1 Å². The summed E-state index contributed by atoms with van der Waals surface area (Å²) in [6.07, 6.45) is 0. The number of nitrogens with one attached hydrogen (secondary N) is 1. The predicted octanol–water partition coefficient (Wildman–Crippen LogP) is 4.29. The molecule has 3 aromatic rings. The standard InChI is InChI=1S/C19H21Cl2N5OS/c1-13-3-5-14(6-4-13)12-27-18-15(9-16(20)10-17(18)21)11-22-7-8-28-19-23-24-25-26(19)2/h3-6,9-10,22H,7-8,11-12H2,1-2H3. The molecule has 0 aliphatic heterocycles. The van der Waals surface area contributed by atoms with Crippen molar-refractivity contribution in [3.8, 4) is 5.75 Å². The molecule has 3 rings (SSSR count). The van der Waals surface area contributed by atoms with E-state index in [0.717, 1.165) is 28.6 Å². The van der Waals surface area contributed by atoms with Crippen LogP contribution in [0.3, 0.4) is 0 Å². The monoisotopic (exact) mass is 437 g/mol. The number of hydrogen-bond acceptors (Lipinski definition) is 6. The second-order valence-corrected chi connectivity index (χ2v) is 8.17. The number of thioether (sulfide) groups is 1. The van der Waals surface area contributed by atoms with Crippen molar-refractivity contribution >= 4 is 35.0 Å². The van der Waals surface area contributed by atoms with Crippen LogP contribution < -0.4 is 10.1 Å². The van der Waals surface area contributed by atoms with Gasteiger partial charge in [0.05, 0.1) is 5.02 Å². The summed E-state index contributed by atoms with van der Waals surface area (Å²) < 4.78 is 7.67. The first-order valence-corrected chi connectivity index (χ1v) is 10.5. The van der Waals surface area contributed by atoms with Crippen LogP contribution in [-0.2, 0) is 20.2 Å². The van der Waals surface area contributed by atoms with E-state index in [9.17, 15) is 0 Å². The lowest BCUT2D eigenvalue weighted by Crippen LogP contribution is -2.17. The third-order valence-corrected chi connectivity index (χ3v) is 5.51. The molecule has 0 atom stereocenters. The highest BCUT2D eigenvalue weighted by molar-refractivity contribution is 7.99. The number of aryl methyl sites for hydroxylation is 2. The maximum absolute atomic E-state index is 6.38. The van der Waals surface area contributed by atoms with Crippen molar-refractivity contribution < 1.29 is 4.74 Å². The van der Waals surface area contributed by atoms with Crippen LogP contribution in [0, 0.1) is 6.92 Å². The zero-order chi connectivity index (χ0) is 19.9. The van der Waals surface area contributed by atoms with Gasteiger partial charge in [-0.25, -0.2) is 4.68 Å². The largest absolute Gasteiger partial charge is 0.487 e. The number of halogens is 2. The van der Waals surface area contributed by atoms with Gasteiger partial charge in [0.25, 0.3) is 0 Å². The molecule has 0 fully saturated rings. The van der Waals surface area contributed by atoms with Crippen molar-refractivity contribution in [3.05, 3.63) is 63.1 Å². The summed E-state index contributed by atoms with van der Waals surface area (Å²) in [6.45, 7) is 3.88. The minimum absolute atomic E-state index is 0.448. The Morgan fingerprint density at radius 3 is 2.68 bits per heavy atom. The summed E-state index contributed by atoms with van der Waals surface area (Å²) >= 11 is 14.2. The zero-order valence-corrected chi connectivity index (χ0v) is 18.0. The second kappa shape index (κ2) is 10.1. The average molecular weight is 438 g/mol. The van der Waals surface area contributed by atoms with Gasteiger partial charge in [-0.2, -0.15) is 0 Å². The van der Waals surface area contributed by atoms with Gasteiger partial charge >= 0.3 is 0 Å². The fourth-order valence-electron chi connectivity index (χ4n) is 2.53. The molecule has 0 aliphatic rings. The Kier molecular flexibility index (Phi) is 7.56. The Hall–Kier alpha value is -1.80. The predicted molar refractivity (Wildman–Crippen MR) is 113 cm³/mol. The van der Waals surface area contributed by atoms with Gasteiger partial charge in [0, 0.05) is 36.5 Å². The van der Waals surface area contributed by atoms with Gasteiger partial charge in [0.1, 0.15) is 12.4 Å². The van der Waals surface area contributed by atoms with Crippen molar-refractivity contribution in [3.63, 3.8) is 0 Å². The maximum Gasteiger partial charge on any atom is 0.209 e. The van der Waals surface area contributed by atoms with Crippen LogP contribution in [-0.4, -0.2) is 32.5 Å². The summed E-state index contributed by atoms with van der Waals surface area (Å²) in [5.74, 6) is 1.49. The molecular weight excluding hydrogens is 417 g/mol. The molecule has 0 bridgehead atoms. The van der Waals surface area contributed by atoms with E-state index in [0.29, 0.717) is 28.9 Å². The van der Waals surface area contributed by atoms with Crippen LogP contribution in [0.1, 0.15) is 16.7 Å². The van der Waals surface area contributed by atoms with Gasteiger partial charge in [0.15, 0.2) is 0 Å². The third-order valence-electron chi connectivity index (χ3n) is 4.00. The van der Waals surface area contributed by atoms with E-state index in [-0.39, 0.29) is 0 Å². The molecule has 148 valence electrons. The molecule has 1 heterocycles. The van der Waals surface area contributed by atoms with Gasteiger partial charge in [-0.05, 0) is 35.0 Å². The minimum atomic E-state index is 0.448. The van der Waals surface area contributed by atoms with E-state index in [1.54, 1.807) is 22.5 Å². The average Bonchev–Trinajstić information content (AvgIpc) is 3.07. The molecular formula is C19H21Cl2N5OS. The maximum atomic E-state index is 6.38. The Balaban J connectivity index is 1.56. The Morgan fingerprint density at radius 2 is 1.96 bits per heavy atom. The number of hydrogen-bond donors (Lipinski definition) is 1. The fourth-order valence-corrected chi connectivity index (χ4v) is 3.86. The molecule has 28 heavy (non-hydrogen) atoms. The number of benzene rings is 2. The van der Waals surface area contributed by atoms with Gasteiger partial charge in [-0.3, -0.25) is 0 Å². The lowest BCUT2D eigenvalue weighted by Gasteiger charge is -2.15. The van der Waals surface area contributed by atoms with Crippen LogP contribution in [0.5, 0.6) is 5.75 Å². The van der Waals surface area contributed by atoms with Crippen molar-refractivity contribution in [2.24, 2.45) is 7.05 Å². The number of aromatic nitrogens is 4. The van der Waals surface area contributed by atoms with Gasteiger partial charge in [0.2, 0.25) is 5.16 Å². The van der Waals surface area contributed by atoms with Crippen molar-refractivity contribution in [2.45, 2.75) is 25.2 Å². The topological polar surface area (TPSA) is 64.9 Å². The summed E-state index contributed by atoms with van der Waals surface area (Å²) in [4.78, 5) is 0. The molecule has 1 N–H and O–H groups in total. The Bertz CT molecular complexity index is 917. The fraction of sp³-hybridized carbons (Fsp3) is 0.316. The Labute approximate surface area is 178 Å². The van der Waals surface area contributed by atoms with Crippen molar-refractivity contribution in [1.82, 2.24) is 25.5 Å². The van der Waals surface area contributed by atoms with Crippen LogP contribution in [0.2, 0.25) is 10.0 Å². The van der Waals surface area contributed by atoms with Crippen LogP contribution in [0.15, 0.2) is 41.6 Å². The van der Waals surface area contributed by atoms with E-state index < -0.39 is 0 Å². The zero-order valence-electron chi connectivity index (χ0n) is 15.7. The molecule has 0 radical (unpaired) electrons. The highest BCUT2D eigenvalue weighted by Gasteiger charge is 2.11. The van der Waals surface area contributed by atoms with E-state index >= 15 is 0 Å². The lowest BCUT2D eigenvalue weighted by molar-refractivity contribution is 0.302. The first-order valence-electron chi connectivity index (χ1n) is 8.75. The summed E-state index contributed by atoms with van der Waals surface area (Å²) in [5, 5.41) is 16.7. The van der Waals surface area contributed by atoms with Gasteiger partial charge in [-0.1, -0.05) is 64.8 Å². The first kappa shape index (κ1) is 20.9. The number of rotatable bonds is 9. The molecule has 6 nitrogen and oxygen atoms in total. The first-order chi connectivity index (χ1) is 13.5. The summed E-state index contributed by atoms with van der Waals surface area (Å²) in [7, 11) is 1.82. The highest BCUT2D eigenvalue weighted by Crippen LogP contribution is 2.33. The number of tetrazole rings is 1. The summed E-state index contributed by atoms with van der Waals surface area (Å²) in [5.41, 5.74) is 3.23. The smallest absolute Gasteiger partial charge is 0.209 e. The molecule has 0 amide bonds. The van der Waals surface area contributed by atoms with Gasteiger partial charge < -0.3 is 10.1 Å². The molecule has 0 unspecified atom stereocenters. The second-order valence-electron chi connectivity index (χ2n) is 6.26. The Morgan fingerprint density at radius 1 is 1.18 bits per heavy atom. The van der Waals surface area contributed by atoms with E-state index in [4.69, 9.17) is 27.9 Å². The quantitative estimate of drug-likeness (QED) is 0.397. The third kappa shape index (κ3) is 5.85. The minimum Gasteiger partial charge on any atom is -0.487 e. The van der Waals surface area contributed by atoms with E-state index in [1.165, 1.54) is 5.56 Å². The van der Waals surface area contributed by atoms with Crippen molar-refractivity contribution in [1.29, 1.82) is 0 Å². The normalized spacial score (nSPS) is 11.0. The van der Waals surface area contributed by atoms with Gasteiger partial charge in [-0.15, -0.1) is 5.10 Å². The molecule has 0 saturated heterocycles. The highest BCUT2D eigenvalue weighted by atomic mass is 35.5. The molecule has 0 saturated carbocycles. The van der Waals surface area contributed by atoms with Crippen LogP contribution >= 0.6 is 35.0 Å². The lowest BCUT2D eigenvalue weighted by atomic mass is 10.1. The van der Waals surface area contributed by atoms with E-state index in [2.05, 4.69) is 52.0 Å². The van der Waals surface area contributed by atoms with Crippen LogP contribution in [0.25, 0.3) is 0 Å². The SMILES string of the molecule is Cc1ccc(COc2c(Cl)cc(Cl)cc2CNCCSc2nnnn2C)cc1. The molecule has 1 aromatic heterocycles. The van der Waals surface area contributed by atoms with Crippen molar-refractivity contribution in [2.75, 3.05) is 12.3 Å². The molecule has 0 spiro atoms. The molecule has 2 aromatic carbocycles. The van der Waals surface area contributed by atoms with Crippen LogP contribution in [0.4, 0.5) is 0 Å².